The van der Waals surface area contributed by atoms with E-state index in [4.69, 9.17) is 0 Å². The third-order valence-corrected chi connectivity index (χ3v) is 2.70. The number of aromatic nitrogens is 2. The minimum Gasteiger partial charge on any atom is -0.391 e. The van der Waals surface area contributed by atoms with Crippen molar-refractivity contribution in [3.63, 3.8) is 0 Å². The molecular weight excluding hydrogens is 164 g/mol. The van der Waals surface area contributed by atoms with E-state index in [1.165, 1.54) is 11.3 Å². The Morgan fingerprint density at radius 3 is 3.08 bits per heavy atom. The van der Waals surface area contributed by atoms with Crippen LogP contribution in [0.1, 0.15) is 37.4 Å². The molecule has 1 aromatic rings. The van der Waals surface area contributed by atoms with Crippen LogP contribution in [-0.2, 0) is 13.0 Å². The summed E-state index contributed by atoms with van der Waals surface area (Å²) in [5.41, 5.74) is 2.66. The van der Waals surface area contributed by atoms with Crippen LogP contribution in [0.5, 0.6) is 0 Å². The lowest BCUT2D eigenvalue weighted by Crippen LogP contribution is -2.25. The van der Waals surface area contributed by atoms with Crippen molar-refractivity contribution in [2.75, 3.05) is 0 Å². The van der Waals surface area contributed by atoms with E-state index in [1.807, 2.05) is 10.9 Å². The zero-order chi connectivity index (χ0) is 9.42. The van der Waals surface area contributed by atoms with Gasteiger partial charge in [0.1, 0.15) is 0 Å². The Labute approximate surface area is 78.4 Å². The molecule has 0 aromatic carbocycles. The van der Waals surface area contributed by atoms with Gasteiger partial charge in [0.2, 0.25) is 0 Å². The molecular formula is C10H16N2O. The fourth-order valence-electron chi connectivity index (χ4n) is 1.93. The lowest BCUT2D eigenvalue weighted by Gasteiger charge is -2.20. The normalized spacial score (nSPS) is 22.0. The molecule has 1 atom stereocenters. The first-order chi connectivity index (χ1) is 6.18. The fourth-order valence-corrected chi connectivity index (χ4v) is 1.93. The van der Waals surface area contributed by atoms with Gasteiger partial charge >= 0.3 is 0 Å². The Morgan fingerprint density at radius 2 is 2.38 bits per heavy atom. The van der Waals surface area contributed by atoms with Crippen LogP contribution >= 0.6 is 0 Å². The lowest BCUT2D eigenvalue weighted by molar-refractivity contribution is 0.125. The van der Waals surface area contributed by atoms with Crippen molar-refractivity contribution >= 4 is 0 Å². The highest BCUT2D eigenvalue weighted by atomic mass is 16.3. The maximum Gasteiger partial charge on any atom is 0.0739 e. The third-order valence-electron chi connectivity index (χ3n) is 2.70. The minimum absolute atomic E-state index is 0.201. The largest absolute Gasteiger partial charge is 0.391 e. The van der Waals surface area contributed by atoms with Crippen LogP contribution in [-0.4, -0.2) is 21.0 Å². The summed E-state index contributed by atoms with van der Waals surface area (Å²) in [6.45, 7) is 5.04. The molecule has 0 amide bonds. The number of hydrogen-bond acceptors (Lipinski definition) is 2. The fraction of sp³-hybridized carbons (Fsp3) is 0.700. The van der Waals surface area contributed by atoms with E-state index in [0.29, 0.717) is 12.5 Å². The summed E-state index contributed by atoms with van der Waals surface area (Å²) in [5, 5.41) is 13.7. The Hall–Kier alpha value is -0.830. The van der Waals surface area contributed by atoms with Crippen molar-refractivity contribution < 1.29 is 5.11 Å². The highest BCUT2D eigenvalue weighted by Gasteiger charge is 2.20. The van der Waals surface area contributed by atoms with E-state index in [2.05, 4.69) is 18.9 Å². The van der Waals surface area contributed by atoms with Gasteiger partial charge in [-0.05, 0) is 24.3 Å². The summed E-state index contributed by atoms with van der Waals surface area (Å²) >= 11 is 0. The minimum atomic E-state index is -0.201. The van der Waals surface area contributed by atoms with Crippen LogP contribution in [0, 0.1) is 0 Å². The molecule has 13 heavy (non-hydrogen) atoms. The summed E-state index contributed by atoms with van der Waals surface area (Å²) in [5.74, 6) is 0.541. The second kappa shape index (κ2) is 3.14. The molecule has 0 fully saturated rings. The number of nitrogens with zero attached hydrogens (tertiary/aromatic N) is 2. The molecule has 1 N–H and O–H groups in total. The Bertz CT molecular complexity index is 304. The molecule has 2 heterocycles. The molecule has 0 saturated carbocycles. The van der Waals surface area contributed by atoms with Crippen molar-refractivity contribution in [1.29, 1.82) is 0 Å². The van der Waals surface area contributed by atoms with Gasteiger partial charge in [-0.3, -0.25) is 4.68 Å². The maximum atomic E-state index is 9.44. The van der Waals surface area contributed by atoms with Gasteiger partial charge < -0.3 is 5.11 Å². The smallest absolute Gasteiger partial charge is 0.0739 e. The highest BCUT2D eigenvalue weighted by Crippen LogP contribution is 2.24. The molecule has 0 bridgehead atoms. The first kappa shape index (κ1) is 8.75. The molecule has 1 aliphatic rings. The number of hydrogen-bond donors (Lipinski definition) is 1. The molecule has 0 saturated heterocycles. The zero-order valence-electron chi connectivity index (χ0n) is 8.20. The van der Waals surface area contributed by atoms with E-state index in [9.17, 15) is 5.11 Å². The average molecular weight is 180 g/mol. The molecule has 2 rings (SSSR count). The Kier molecular flexibility index (Phi) is 2.12. The summed E-state index contributed by atoms with van der Waals surface area (Å²) in [4.78, 5) is 0. The maximum absolute atomic E-state index is 9.44. The molecule has 0 spiro atoms. The quantitative estimate of drug-likeness (QED) is 0.707. The van der Waals surface area contributed by atoms with Crippen molar-refractivity contribution in [1.82, 2.24) is 9.78 Å². The number of aliphatic hydroxyl groups is 1. The summed E-state index contributed by atoms with van der Waals surface area (Å²) < 4.78 is 1.95. The average Bonchev–Trinajstić information content (AvgIpc) is 2.46. The van der Waals surface area contributed by atoms with Crippen LogP contribution < -0.4 is 0 Å². The van der Waals surface area contributed by atoms with Crippen molar-refractivity contribution in [2.45, 2.75) is 45.3 Å². The molecule has 3 heteroatoms. The first-order valence-corrected chi connectivity index (χ1v) is 4.91. The molecule has 72 valence electrons. The second-order valence-electron chi connectivity index (χ2n) is 4.08. The molecule has 1 unspecified atom stereocenters. The summed E-state index contributed by atoms with van der Waals surface area (Å²) in [7, 11) is 0. The first-order valence-electron chi connectivity index (χ1n) is 4.91. The Morgan fingerprint density at radius 1 is 1.62 bits per heavy atom. The van der Waals surface area contributed by atoms with E-state index >= 15 is 0 Å². The SMILES string of the molecule is CC(C)c1cnn2c1CCC(O)C2. The van der Waals surface area contributed by atoms with Crippen molar-refractivity contribution in [2.24, 2.45) is 0 Å². The number of aliphatic hydroxyl groups excluding tert-OH is 1. The van der Waals surface area contributed by atoms with Crippen LogP contribution in [0.15, 0.2) is 6.20 Å². The van der Waals surface area contributed by atoms with Crippen molar-refractivity contribution in [3.05, 3.63) is 17.5 Å². The lowest BCUT2D eigenvalue weighted by atomic mass is 9.98. The van der Waals surface area contributed by atoms with Gasteiger partial charge in [-0.2, -0.15) is 5.10 Å². The van der Waals surface area contributed by atoms with Gasteiger partial charge in [-0.1, -0.05) is 13.8 Å². The monoisotopic (exact) mass is 180 g/mol. The van der Waals surface area contributed by atoms with E-state index in [1.54, 1.807) is 0 Å². The van der Waals surface area contributed by atoms with Crippen LogP contribution in [0.2, 0.25) is 0 Å². The topological polar surface area (TPSA) is 38.0 Å². The van der Waals surface area contributed by atoms with Gasteiger partial charge in [0.25, 0.3) is 0 Å². The predicted octanol–water partition coefficient (Wildman–Crippen LogP) is 1.31. The van der Waals surface area contributed by atoms with Crippen molar-refractivity contribution in [3.8, 4) is 0 Å². The van der Waals surface area contributed by atoms with Gasteiger partial charge in [-0.25, -0.2) is 0 Å². The molecule has 0 radical (unpaired) electrons. The Balaban J connectivity index is 2.33. The van der Waals surface area contributed by atoms with Gasteiger partial charge in [0.15, 0.2) is 0 Å². The van der Waals surface area contributed by atoms with Gasteiger partial charge in [0, 0.05) is 5.69 Å². The predicted molar refractivity (Wildman–Crippen MR) is 50.6 cm³/mol. The second-order valence-corrected chi connectivity index (χ2v) is 4.08. The molecule has 1 aliphatic heterocycles. The van der Waals surface area contributed by atoms with E-state index in [0.717, 1.165) is 12.8 Å². The molecule has 3 nitrogen and oxygen atoms in total. The van der Waals surface area contributed by atoms with Crippen LogP contribution in [0.4, 0.5) is 0 Å². The van der Waals surface area contributed by atoms with Crippen LogP contribution in [0.3, 0.4) is 0 Å². The van der Waals surface area contributed by atoms with Gasteiger partial charge in [-0.15, -0.1) is 0 Å². The number of fused-ring (bicyclic) bond motifs is 1. The van der Waals surface area contributed by atoms with E-state index < -0.39 is 0 Å². The molecule has 1 aromatic heterocycles. The number of rotatable bonds is 1. The van der Waals surface area contributed by atoms with Crippen LogP contribution in [0.25, 0.3) is 0 Å². The summed E-state index contributed by atoms with van der Waals surface area (Å²) in [6.07, 6.45) is 3.59. The molecule has 0 aliphatic carbocycles. The van der Waals surface area contributed by atoms with Gasteiger partial charge in [0.05, 0.1) is 18.8 Å². The van der Waals surface area contributed by atoms with E-state index in [-0.39, 0.29) is 6.10 Å². The zero-order valence-corrected chi connectivity index (χ0v) is 8.20. The third kappa shape index (κ3) is 1.48. The summed E-state index contributed by atoms with van der Waals surface area (Å²) in [6, 6.07) is 0. The highest BCUT2D eigenvalue weighted by molar-refractivity contribution is 5.22. The standard InChI is InChI=1S/C10H16N2O/c1-7(2)9-5-11-12-6-8(13)3-4-10(9)12/h5,7-8,13H,3-4,6H2,1-2H3.